The first-order chi connectivity index (χ1) is 8.13. The predicted molar refractivity (Wildman–Crippen MR) is 73.2 cm³/mol. The first kappa shape index (κ1) is 14.9. The van der Waals surface area contributed by atoms with Crippen molar-refractivity contribution in [1.82, 2.24) is 4.90 Å². The van der Waals surface area contributed by atoms with Crippen molar-refractivity contribution in [3.05, 3.63) is 0 Å². The average molecular weight is 242 g/mol. The van der Waals surface area contributed by atoms with Crippen LogP contribution in [0.3, 0.4) is 0 Å². The van der Waals surface area contributed by atoms with Crippen molar-refractivity contribution in [3.8, 4) is 0 Å². The summed E-state index contributed by atoms with van der Waals surface area (Å²) < 4.78 is 5.66. The Morgan fingerprint density at radius 1 is 1.18 bits per heavy atom. The van der Waals surface area contributed by atoms with Crippen LogP contribution in [0.15, 0.2) is 0 Å². The third-order valence-electron chi connectivity index (χ3n) is 3.60. The van der Waals surface area contributed by atoms with Crippen LogP contribution in [0.5, 0.6) is 0 Å². The minimum Gasteiger partial charge on any atom is -0.377 e. The van der Waals surface area contributed by atoms with E-state index in [1.54, 1.807) is 0 Å². The predicted octanol–water partition coefficient (Wildman–Crippen LogP) is 2.39. The SMILES string of the molecule is CCCN(CCOC(C)C)C1CCC(N)CC1. The third kappa shape index (κ3) is 5.84. The summed E-state index contributed by atoms with van der Waals surface area (Å²) in [6.45, 7) is 9.59. The molecule has 0 unspecified atom stereocenters. The molecule has 17 heavy (non-hydrogen) atoms. The van der Waals surface area contributed by atoms with Crippen LogP contribution in [0.4, 0.5) is 0 Å². The van der Waals surface area contributed by atoms with E-state index >= 15 is 0 Å². The molecule has 1 aliphatic rings. The fourth-order valence-electron chi connectivity index (χ4n) is 2.64. The zero-order chi connectivity index (χ0) is 12.7. The minimum atomic E-state index is 0.346. The lowest BCUT2D eigenvalue weighted by Gasteiger charge is -2.36. The molecule has 0 atom stereocenters. The Morgan fingerprint density at radius 3 is 2.35 bits per heavy atom. The third-order valence-corrected chi connectivity index (χ3v) is 3.60. The van der Waals surface area contributed by atoms with E-state index in [1.807, 2.05) is 0 Å². The highest BCUT2D eigenvalue weighted by atomic mass is 16.5. The molecule has 102 valence electrons. The summed E-state index contributed by atoms with van der Waals surface area (Å²) in [5, 5.41) is 0. The van der Waals surface area contributed by atoms with Crippen LogP contribution in [-0.2, 0) is 4.74 Å². The van der Waals surface area contributed by atoms with E-state index < -0.39 is 0 Å². The molecule has 1 rings (SSSR count). The van der Waals surface area contributed by atoms with E-state index in [2.05, 4.69) is 25.7 Å². The number of hydrogen-bond donors (Lipinski definition) is 1. The normalized spacial score (nSPS) is 25.8. The number of nitrogens with zero attached hydrogens (tertiary/aromatic N) is 1. The van der Waals surface area contributed by atoms with E-state index in [0.717, 1.165) is 19.2 Å². The summed E-state index contributed by atoms with van der Waals surface area (Å²) in [6.07, 6.45) is 6.49. The van der Waals surface area contributed by atoms with Crippen molar-refractivity contribution < 1.29 is 4.74 Å². The quantitative estimate of drug-likeness (QED) is 0.745. The van der Waals surface area contributed by atoms with Gasteiger partial charge in [0.25, 0.3) is 0 Å². The van der Waals surface area contributed by atoms with E-state index in [1.165, 1.54) is 38.6 Å². The Labute approximate surface area is 107 Å². The van der Waals surface area contributed by atoms with Crippen LogP contribution in [0.1, 0.15) is 52.9 Å². The lowest BCUT2D eigenvalue weighted by Crippen LogP contribution is -2.42. The van der Waals surface area contributed by atoms with Gasteiger partial charge in [0.2, 0.25) is 0 Å². The molecular formula is C14H30N2O. The van der Waals surface area contributed by atoms with Gasteiger partial charge in [-0.05, 0) is 52.5 Å². The monoisotopic (exact) mass is 242 g/mol. The largest absolute Gasteiger partial charge is 0.377 e. The van der Waals surface area contributed by atoms with Crippen LogP contribution in [-0.4, -0.2) is 42.8 Å². The van der Waals surface area contributed by atoms with Crippen molar-refractivity contribution in [1.29, 1.82) is 0 Å². The fourth-order valence-corrected chi connectivity index (χ4v) is 2.64. The van der Waals surface area contributed by atoms with Gasteiger partial charge in [-0.25, -0.2) is 0 Å². The van der Waals surface area contributed by atoms with Crippen LogP contribution < -0.4 is 5.73 Å². The van der Waals surface area contributed by atoms with Gasteiger partial charge in [-0.2, -0.15) is 0 Å². The molecule has 1 aliphatic carbocycles. The second-order valence-corrected chi connectivity index (χ2v) is 5.52. The summed E-state index contributed by atoms with van der Waals surface area (Å²) in [5.74, 6) is 0. The highest BCUT2D eigenvalue weighted by Gasteiger charge is 2.23. The molecule has 0 aromatic heterocycles. The Bertz CT molecular complexity index is 189. The first-order valence-electron chi connectivity index (χ1n) is 7.24. The van der Waals surface area contributed by atoms with Gasteiger partial charge in [-0.15, -0.1) is 0 Å². The zero-order valence-electron chi connectivity index (χ0n) is 11.8. The van der Waals surface area contributed by atoms with Crippen LogP contribution in [0.2, 0.25) is 0 Å². The average Bonchev–Trinajstić information content (AvgIpc) is 2.29. The van der Waals surface area contributed by atoms with E-state index in [-0.39, 0.29) is 0 Å². The Kier molecular flexibility index (Phi) is 7.09. The van der Waals surface area contributed by atoms with Gasteiger partial charge in [-0.3, -0.25) is 4.90 Å². The molecule has 0 bridgehead atoms. The van der Waals surface area contributed by atoms with Gasteiger partial charge in [0, 0.05) is 18.6 Å². The molecule has 0 amide bonds. The molecule has 1 saturated carbocycles. The topological polar surface area (TPSA) is 38.5 Å². The van der Waals surface area contributed by atoms with Crippen molar-refractivity contribution in [2.45, 2.75) is 71.1 Å². The van der Waals surface area contributed by atoms with Crippen LogP contribution in [0.25, 0.3) is 0 Å². The Morgan fingerprint density at radius 2 is 1.82 bits per heavy atom. The molecular weight excluding hydrogens is 212 g/mol. The van der Waals surface area contributed by atoms with Gasteiger partial charge in [0.15, 0.2) is 0 Å². The maximum atomic E-state index is 5.97. The minimum absolute atomic E-state index is 0.346. The molecule has 0 radical (unpaired) electrons. The molecule has 0 aliphatic heterocycles. The Balaban J connectivity index is 2.31. The number of nitrogens with two attached hydrogens (primary N) is 1. The van der Waals surface area contributed by atoms with Crippen molar-refractivity contribution in [2.75, 3.05) is 19.7 Å². The maximum Gasteiger partial charge on any atom is 0.0597 e. The molecule has 2 N–H and O–H groups in total. The van der Waals surface area contributed by atoms with Gasteiger partial charge in [-0.1, -0.05) is 6.92 Å². The highest BCUT2D eigenvalue weighted by molar-refractivity contribution is 4.81. The second kappa shape index (κ2) is 8.06. The zero-order valence-corrected chi connectivity index (χ0v) is 11.8. The van der Waals surface area contributed by atoms with E-state index in [4.69, 9.17) is 10.5 Å². The molecule has 0 aromatic rings. The number of ether oxygens (including phenoxy) is 1. The van der Waals surface area contributed by atoms with E-state index in [9.17, 15) is 0 Å². The molecule has 0 spiro atoms. The summed E-state index contributed by atoms with van der Waals surface area (Å²) >= 11 is 0. The summed E-state index contributed by atoms with van der Waals surface area (Å²) in [7, 11) is 0. The lowest BCUT2D eigenvalue weighted by molar-refractivity contribution is 0.0423. The molecule has 1 fully saturated rings. The van der Waals surface area contributed by atoms with Crippen LogP contribution in [0, 0.1) is 0 Å². The smallest absolute Gasteiger partial charge is 0.0597 e. The fraction of sp³-hybridized carbons (Fsp3) is 1.00. The summed E-state index contributed by atoms with van der Waals surface area (Å²) in [4.78, 5) is 2.61. The molecule has 0 heterocycles. The van der Waals surface area contributed by atoms with Crippen molar-refractivity contribution in [3.63, 3.8) is 0 Å². The molecule has 0 saturated heterocycles. The van der Waals surface area contributed by atoms with Crippen LogP contribution >= 0.6 is 0 Å². The molecule has 0 aromatic carbocycles. The highest BCUT2D eigenvalue weighted by Crippen LogP contribution is 2.22. The van der Waals surface area contributed by atoms with Crippen molar-refractivity contribution >= 4 is 0 Å². The molecule has 3 heteroatoms. The number of rotatable bonds is 7. The van der Waals surface area contributed by atoms with Gasteiger partial charge >= 0.3 is 0 Å². The van der Waals surface area contributed by atoms with Gasteiger partial charge in [0.05, 0.1) is 12.7 Å². The lowest BCUT2D eigenvalue weighted by atomic mass is 9.90. The van der Waals surface area contributed by atoms with Crippen molar-refractivity contribution in [2.24, 2.45) is 5.73 Å². The molecule has 3 nitrogen and oxygen atoms in total. The summed E-state index contributed by atoms with van der Waals surface area (Å²) in [5.41, 5.74) is 5.97. The summed E-state index contributed by atoms with van der Waals surface area (Å²) in [6, 6.07) is 1.19. The maximum absolute atomic E-state index is 5.97. The van der Waals surface area contributed by atoms with Gasteiger partial charge in [0.1, 0.15) is 0 Å². The number of hydrogen-bond acceptors (Lipinski definition) is 3. The van der Waals surface area contributed by atoms with Gasteiger partial charge < -0.3 is 10.5 Å². The Hall–Kier alpha value is -0.120. The second-order valence-electron chi connectivity index (χ2n) is 5.52. The van der Waals surface area contributed by atoms with E-state index in [0.29, 0.717) is 12.1 Å². The first-order valence-corrected chi connectivity index (χ1v) is 7.24. The standard InChI is InChI=1S/C14H30N2O/c1-4-9-16(10-11-17-12(2)3)14-7-5-13(15)6-8-14/h12-14H,4-11,15H2,1-3H3.